The average molecular weight is 380 g/mol. The second-order valence-corrected chi connectivity index (χ2v) is 6.82. The van der Waals surface area contributed by atoms with Gasteiger partial charge in [-0.15, -0.1) is 0 Å². The van der Waals surface area contributed by atoms with E-state index in [-0.39, 0.29) is 18.6 Å². The van der Waals surface area contributed by atoms with Crippen molar-refractivity contribution in [3.8, 4) is 11.5 Å². The van der Waals surface area contributed by atoms with E-state index >= 15 is 0 Å². The van der Waals surface area contributed by atoms with Gasteiger partial charge in [-0.25, -0.2) is 9.78 Å². The topological polar surface area (TPSA) is 81.4 Å². The molecule has 28 heavy (non-hydrogen) atoms. The fraction of sp³-hybridized carbons (Fsp3) is 0.318. The molecule has 3 aromatic rings. The van der Waals surface area contributed by atoms with Gasteiger partial charge >= 0.3 is 5.97 Å². The number of carbonyl (C=O) groups excluding carboxylic acids is 2. The number of amides is 1. The highest BCUT2D eigenvalue weighted by atomic mass is 16.5. The molecule has 0 fully saturated rings. The first-order valence-corrected chi connectivity index (χ1v) is 9.41. The Bertz CT molecular complexity index is 993. The molecule has 2 heterocycles. The number of furan rings is 1. The largest absolute Gasteiger partial charge is 0.460 e. The predicted molar refractivity (Wildman–Crippen MR) is 107 cm³/mol. The zero-order chi connectivity index (χ0) is 20.1. The number of rotatable bonds is 7. The number of para-hydroxylation sites is 1. The maximum Gasteiger partial charge on any atom is 0.339 e. The predicted octanol–water partition coefficient (Wildman–Crippen LogP) is 4.26. The number of hydrogen-bond donors (Lipinski definition) is 1. The van der Waals surface area contributed by atoms with Gasteiger partial charge in [0, 0.05) is 11.4 Å². The number of ether oxygens (including phenoxy) is 1. The zero-order valence-corrected chi connectivity index (χ0v) is 16.3. The van der Waals surface area contributed by atoms with Crippen LogP contribution in [0.15, 0.2) is 46.9 Å². The summed E-state index contributed by atoms with van der Waals surface area (Å²) in [4.78, 5) is 29.3. The van der Waals surface area contributed by atoms with E-state index in [4.69, 9.17) is 9.15 Å². The molecule has 3 rings (SSSR count). The first kappa shape index (κ1) is 19.6. The SMILES string of the molecule is CCCC(C)NC(=O)COC(=O)c1cc(-c2ccc(C)o2)nc2ccccc12. The van der Waals surface area contributed by atoms with E-state index in [0.717, 1.165) is 18.6 Å². The lowest BCUT2D eigenvalue weighted by Crippen LogP contribution is -2.35. The third-order valence-corrected chi connectivity index (χ3v) is 4.39. The molecule has 0 bridgehead atoms. The van der Waals surface area contributed by atoms with E-state index in [1.165, 1.54) is 0 Å². The highest BCUT2D eigenvalue weighted by molar-refractivity contribution is 6.05. The third-order valence-electron chi connectivity index (χ3n) is 4.39. The van der Waals surface area contributed by atoms with E-state index in [1.807, 2.05) is 44.2 Å². The number of esters is 1. The summed E-state index contributed by atoms with van der Waals surface area (Å²) in [5.41, 5.74) is 1.55. The van der Waals surface area contributed by atoms with Gasteiger partial charge in [-0.3, -0.25) is 4.79 Å². The molecule has 1 aromatic carbocycles. The minimum absolute atomic E-state index is 0.0479. The number of benzene rings is 1. The van der Waals surface area contributed by atoms with Crippen LogP contribution >= 0.6 is 0 Å². The quantitative estimate of drug-likeness (QED) is 0.619. The molecule has 0 aliphatic carbocycles. The number of nitrogens with zero attached hydrogens (tertiary/aromatic N) is 1. The minimum atomic E-state index is -0.568. The number of pyridine rings is 1. The van der Waals surface area contributed by atoms with Crippen LogP contribution < -0.4 is 5.32 Å². The summed E-state index contributed by atoms with van der Waals surface area (Å²) in [5.74, 6) is 0.450. The van der Waals surface area contributed by atoms with Crippen molar-refractivity contribution in [3.63, 3.8) is 0 Å². The standard InChI is InChI=1S/C22H24N2O4/c1-4-7-14(2)23-21(25)13-27-22(26)17-12-19(20-11-10-15(3)28-20)24-18-9-6-5-8-16(17)18/h5-6,8-12,14H,4,7,13H2,1-3H3,(H,23,25). The summed E-state index contributed by atoms with van der Waals surface area (Å²) in [7, 11) is 0. The van der Waals surface area contributed by atoms with Gasteiger partial charge in [-0.1, -0.05) is 31.5 Å². The number of aryl methyl sites for hydroxylation is 1. The smallest absolute Gasteiger partial charge is 0.339 e. The average Bonchev–Trinajstić information content (AvgIpc) is 3.11. The molecule has 6 nitrogen and oxygen atoms in total. The minimum Gasteiger partial charge on any atom is -0.460 e. The summed E-state index contributed by atoms with van der Waals surface area (Å²) < 4.78 is 10.9. The summed E-state index contributed by atoms with van der Waals surface area (Å²) in [6, 6.07) is 12.6. The Morgan fingerprint density at radius 1 is 1.21 bits per heavy atom. The molecule has 1 unspecified atom stereocenters. The molecule has 0 saturated heterocycles. The highest BCUT2D eigenvalue weighted by Crippen LogP contribution is 2.26. The van der Waals surface area contributed by atoms with E-state index in [9.17, 15) is 9.59 Å². The second kappa shape index (κ2) is 8.69. The Labute approximate surface area is 163 Å². The number of carbonyl (C=O) groups is 2. The van der Waals surface area contributed by atoms with Crippen LogP contribution in [0, 0.1) is 6.92 Å². The molecule has 1 amide bonds. The molecule has 0 saturated carbocycles. The van der Waals surface area contributed by atoms with Crippen molar-refractivity contribution in [2.75, 3.05) is 6.61 Å². The van der Waals surface area contributed by atoms with Crippen LogP contribution in [0.1, 0.15) is 42.8 Å². The Balaban J connectivity index is 1.83. The number of hydrogen-bond acceptors (Lipinski definition) is 5. The van der Waals surface area contributed by atoms with Crippen LogP contribution in [0.5, 0.6) is 0 Å². The maximum atomic E-state index is 12.7. The van der Waals surface area contributed by atoms with Crippen molar-refractivity contribution in [2.45, 2.75) is 39.7 Å². The zero-order valence-electron chi connectivity index (χ0n) is 16.3. The molecule has 0 radical (unpaired) electrons. The first-order chi connectivity index (χ1) is 13.5. The Kier molecular flexibility index (Phi) is 6.09. The normalized spacial score (nSPS) is 12.0. The van der Waals surface area contributed by atoms with Crippen molar-refractivity contribution >= 4 is 22.8 Å². The van der Waals surface area contributed by atoms with E-state index in [0.29, 0.717) is 27.9 Å². The van der Waals surface area contributed by atoms with Gasteiger partial charge in [0.15, 0.2) is 12.4 Å². The third kappa shape index (κ3) is 4.57. The van der Waals surface area contributed by atoms with Gasteiger partial charge in [0.2, 0.25) is 0 Å². The maximum absolute atomic E-state index is 12.7. The molecule has 1 N–H and O–H groups in total. The molecular formula is C22H24N2O4. The molecule has 146 valence electrons. The fourth-order valence-electron chi connectivity index (χ4n) is 3.07. The van der Waals surface area contributed by atoms with Crippen LogP contribution in [-0.4, -0.2) is 29.5 Å². The van der Waals surface area contributed by atoms with Crippen molar-refractivity contribution in [2.24, 2.45) is 0 Å². The van der Waals surface area contributed by atoms with Crippen molar-refractivity contribution in [3.05, 3.63) is 53.8 Å². The summed E-state index contributed by atoms with van der Waals surface area (Å²) in [6.45, 7) is 5.50. The van der Waals surface area contributed by atoms with Crippen LogP contribution in [0.3, 0.4) is 0 Å². The van der Waals surface area contributed by atoms with Gasteiger partial charge in [0.25, 0.3) is 5.91 Å². The Morgan fingerprint density at radius 2 is 2.00 bits per heavy atom. The summed E-state index contributed by atoms with van der Waals surface area (Å²) >= 11 is 0. The molecule has 2 aromatic heterocycles. The lowest BCUT2D eigenvalue weighted by Gasteiger charge is -2.13. The lowest BCUT2D eigenvalue weighted by molar-refractivity contribution is -0.124. The van der Waals surface area contributed by atoms with Gasteiger partial charge in [0.1, 0.15) is 11.5 Å². The summed E-state index contributed by atoms with van der Waals surface area (Å²) in [6.07, 6.45) is 1.85. The molecule has 6 heteroatoms. The molecular weight excluding hydrogens is 356 g/mol. The molecule has 1 atom stereocenters. The van der Waals surface area contributed by atoms with Crippen molar-refractivity contribution < 1.29 is 18.7 Å². The van der Waals surface area contributed by atoms with Crippen LogP contribution in [-0.2, 0) is 9.53 Å². The van der Waals surface area contributed by atoms with Crippen molar-refractivity contribution in [1.82, 2.24) is 10.3 Å². The molecule has 0 aliphatic heterocycles. The first-order valence-electron chi connectivity index (χ1n) is 9.41. The van der Waals surface area contributed by atoms with Gasteiger partial charge in [0.05, 0.1) is 11.1 Å². The van der Waals surface area contributed by atoms with Gasteiger partial charge in [-0.05, 0) is 44.5 Å². The Hall–Kier alpha value is -3.15. The monoisotopic (exact) mass is 380 g/mol. The van der Waals surface area contributed by atoms with Gasteiger partial charge in [-0.2, -0.15) is 0 Å². The number of fused-ring (bicyclic) bond motifs is 1. The van der Waals surface area contributed by atoms with E-state index in [1.54, 1.807) is 12.1 Å². The second-order valence-electron chi connectivity index (χ2n) is 6.82. The fourth-order valence-corrected chi connectivity index (χ4v) is 3.07. The highest BCUT2D eigenvalue weighted by Gasteiger charge is 2.18. The van der Waals surface area contributed by atoms with Crippen molar-refractivity contribution in [1.29, 1.82) is 0 Å². The van der Waals surface area contributed by atoms with E-state index < -0.39 is 5.97 Å². The number of nitrogens with one attached hydrogen (secondary N) is 1. The summed E-state index contributed by atoms with van der Waals surface area (Å²) in [5, 5.41) is 3.49. The van der Waals surface area contributed by atoms with Crippen LogP contribution in [0.2, 0.25) is 0 Å². The molecule has 0 spiro atoms. The molecule has 0 aliphatic rings. The number of aromatic nitrogens is 1. The van der Waals surface area contributed by atoms with Crippen LogP contribution in [0.4, 0.5) is 0 Å². The van der Waals surface area contributed by atoms with Crippen LogP contribution in [0.25, 0.3) is 22.4 Å². The Morgan fingerprint density at radius 3 is 2.71 bits per heavy atom. The lowest BCUT2D eigenvalue weighted by atomic mass is 10.1. The van der Waals surface area contributed by atoms with E-state index in [2.05, 4.69) is 17.2 Å². The van der Waals surface area contributed by atoms with Gasteiger partial charge < -0.3 is 14.5 Å².